The molecule has 1 atom stereocenters. The third-order valence-corrected chi connectivity index (χ3v) is 4.33. The Bertz CT molecular complexity index is 213. The summed E-state index contributed by atoms with van der Waals surface area (Å²) < 4.78 is 0. The first-order valence-corrected chi connectivity index (χ1v) is 6.89. The van der Waals surface area contributed by atoms with Crippen LogP contribution >= 0.6 is 0 Å². The van der Waals surface area contributed by atoms with Gasteiger partial charge in [-0.3, -0.25) is 4.90 Å². The summed E-state index contributed by atoms with van der Waals surface area (Å²) in [7, 11) is 0. The molecule has 0 amide bonds. The fourth-order valence-electron chi connectivity index (χ4n) is 2.89. The highest BCUT2D eigenvalue weighted by atomic mass is 15.2. The Morgan fingerprint density at radius 3 is 2.50 bits per heavy atom. The van der Waals surface area contributed by atoms with E-state index in [4.69, 9.17) is 5.73 Å². The van der Waals surface area contributed by atoms with Crippen LogP contribution in [0.25, 0.3) is 0 Å². The van der Waals surface area contributed by atoms with E-state index in [-0.39, 0.29) is 5.54 Å². The van der Waals surface area contributed by atoms with Crippen LogP contribution in [0.3, 0.4) is 0 Å². The first kappa shape index (κ1) is 14.0. The largest absolute Gasteiger partial charge is 0.329 e. The summed E-state index contributed by atoms with van der Waals surface area (Å²) in [6, 6.07) is 0. The lowest BCUT2D eigenvalue weighted by molar-refractivity contribution is 0.101. The summed E-state index contributed by atoms with van der Waals surface area (Å²) in [6.45, 7) is 12.6. The second-order valence-electron chi connectivity index (χ2n) is 6.46. The zero-order valence-electron chi connectivity index (χ0n) is 11.7. The van der Waals surface area contributed by atoms with Gasteiger partial charge < -0.3 is 5.73 Å². The first-order valence-electron chi connectivity index (χ1n) is 6.89. The minimum atomic E-state index is 0.231. The number of nitrogens with zero attached hydrogens (tertiary/aromatic N) is 1. The Hall–Kier alpha value is -0.0800. The van der Waals surface area contributed by atoms with Gasteiger partial charge in [0, 0.05) is 12.1 Å². The van der Waals surface area contributed by atoms with Gasteiger partial charge in [-0.25, -0.2) is 0 Å². The number of hydrogen-bond acceptors (Lipinski definition) is 2. The van der Waals surface area contributed by atoms with Crippen molar-refractivity contribution >= 4 is 0 Å². The third-order valence-electron chi connectivity index (χ3n) is 4.33. The number of likely N-dealkylation sites (tertiary alicyclic amines) is 1. The van der Waals surface area contributed by atoms with Gasteiger partial charge in [-0.15, -0.1) is 0 Å². The van der Waals surface area contributed by atoms with Gasteiger partial charge in [-0.1, -0.05) is 27.2 Å². The van der Waals surface area contributed by atoms with Gasteiger partial charge in [0.1, 0.15) is 0 Å². The van der Waals surface area contributed by atoms with Gasteiger partial charge in [-0.05, 0) is 51.1 Å². The molecule has 2 heteroatoms. The Labute approximate surface area is 102 Å². The predicted molar refractivity (Wildman–Crippen MR) is 71.6 cm³/mol. The summed E-state index contributed by atoms with van der Waals surface area (Å²) >= 11 is 0. The van der Waals surface area contributed by atoms with E-state index in [1.165, 1.54) is 45.2 Å². The van der Waals surface area contributed by atoms with Gasteiger partial charge in [-0.2, -0.15) is 0 Å². The van der Waals surface area contributed by atoms with Gasteiger partial charge >= 0.3 is 0 Å². The Morgan fingerprint density at radius 2 is 1.94 bits per heavy atom. The van der Waals surface area contributed by atoms with Gasteiger partial charge in [0.05, 0.1) is 0 Å². The van der Waals surface area contributed by atoms with E-state index in [9.17, 15) is 0 Å². The number of nitrogens with two attached hydrogens (primary N) is 1. The molecule has 0 aromatic carbocycles. The minimum Gasteiger partial charge on any atom is -0.329 e. The molecule has 0 spiro atoms. The topological polar surface area (TPSA) is 29.3 Å². The molecule has 1 rings (SSSR count). The summed E-state index contributed by atoms with van der Waals surface area (Å²) in [5.41, 5.74) is 6.76. The van der Waals surface area contributed by atoms with E-state index in [1.807, 2.05) is 0 Å². The van der Waals surface area contributed by atoms with E-state index in [0.717, 1.165) is 6.54 Å². The molecule has 0 aromatic heterocycles. The average Bonchev–Trinajstić information content (AvgIpc) is 2.40. The summed E-state index contributed by atoms with van der Waals surface area (Å²) in [4.78, 5) is 2.64. The molecule has 0 aromatic rings. The highest BCUT2D eigenvalue weighted by Crippen LogP contribution is 2.33. The molecule has 1 aliphatic heterocycles. The highest BCUT2D eigenvalue weighted by Gasteiger charge is 2.32. The molecular formula is C14H30N2. The van der Waals surface area contributed by atoms with Crippen LogP contribution in [0.1, 0.15) is 59.8 Å². The molecule has 1 unspecified atom stereocenters. The molecule has 1 fully saturated rings. The van der Waals surface area contributed by atoms with Crippen LogP contribution in [-0.2, 0) is 0 Å². The van der Waals surface area contributed by atoms with Crippen molar-refractivity contribution in [3.63, 3.8) is 0 Å². The quantitative estimate of drug-likeness (QED) is 0.798. The summed E-state index contributed by atoms with van der Waals surface area (Å²) in [6.07, 6.45) is 6.45. The highest BCUT2D eigenvalue weighted by molar-refractivity contribution is 4.89. The molecule has 0 radical (unpaired) electrons. The molecule has 2 nitrogen and oxygen atoms in total. The van der Waals surface area contributed by atoms with Crippen molar-refractivity contribution in [3.05, 3.63) is 0 Å². The molecule has 2 N–H and O–H groups in total. The van der Waals surface area contributed by atoms with E-state index in [2.05, 4.69) is 32.6 Å². The van der Waals surface area contributed by atoms with Gasteiger partial charge in [0.25, 0.3) is 0 Å². The lowest BCUT2D eigenvalue weighted by Gasteiger charge is -2.40. The minimum absolute atomic E-state index is 0.231. The molecule has 16 heavy (non-hydrogen) atoms. The molecule has 0 aliphatic carbocycles. The number of rotatable bonds is 4. The van der Waals surface area contributed by atoms with Crippen LogP contribution in [0.4, 0.5) is 0 Å². The first-order chi connectivity index (χ1) is 7.43. The van der Waals surface area contributed by atoms with Crippen molar-refractivity contribution < 1.29 is 0 Å². The maximum atomic E-state index is 6.00. The van der Waals surface area contributed by atoms with Gasteiger partial charge in [0.2, 0.25) is 0 Å². The smallest absolute Gasteiger partial charge is 0.0303 e. The zero-order chi connectivity index (χ0) is 12.2. The fraction of sp³-hybridized carbons (Fsp3) is 1.00. The standard InChI is InChI=1S/C14H30N2/c1-5-7-14(4,12-15)16-10-6-8-13(2,3)9-11-16/h5-12,15H2,1-4H3. The average molecular weight is 226 g/mol. The normalized spacial score (nSPS) is 26.1. The maximum absolute atomic E-state index is 6.00. The Morgan fingerprint density at radius 1 is 1.25 bits per heavy atom. The van der Waals surface area contributed by atoms with Crippen LogP contribution in [-0.4, -0.2) is 30.1 Å². The summed E-state index contributed by atoms with van der Waals surface area (Å²) in [5, 5.41) is 0. The van der Waals surface area contributed by atoms with Crippen molar-refractivity contribution in [2.75, 3.05) is 19.6 Å². The Kier molecular flexibility index (Phi) is 4.81. The lowest BCUT2D eigenvalue weighted by Crippen LogP contribution is -2.52. The molecule has 0 bridgehead atoms. The van der Waals surface area contributed by atoms with E-state index in [1.54, 1.807) is 0 Å². The molecule has 0 saturated carbocycles. The molecule has 96 valence electrons. The third kappa shape index (κ3) is 3.46. The van der Waals surface area contributed by atoms with Crippen molar-refractivity contribution in [2.24, 2.45) is 11.1 Å². The van der Waals surface area contributed by atoms with Crippen LogP contribution in [0, 0.1) is 5.41 Å². The maximum Gasteiger partial charge on any atom is 0.0303 e. The van der Waals surface area contributed by atoms with Crippen molar-refractivity contribution in [3.8, 4) is 0 Å². The lowest BCUT2D eigenvalue weighted by atomic mass is 9.85. The van der Waals surface area contributed by atoms with Crippen molar-refractivity contribution in [2.45, 2.75) is 65.3 Å². The molecule has 1 heterocycles. The molecule has 1 aliphatic rings. The van der Waals surface area contributed by atoms with Crippen LogP contribution in [0.15, 0.2) is 0 Å². The zero-order valence-corrected chi connectivity index (χ0v) is 11.7. The van der Waals surface area contributed by atoms with Gasteiger partial charge in [0.15, 0.2) is 0 Å². The molecule has 1 saturated heterocycles. The molecular weight excluding hydrogens is 196 g/mol. The van der Waals surface area contributed by atoms with Crippen LogP contribution in [0.2, 0.25) is 0 Å². The summed E-state index contributed by atoms with van der Waals surface area (Å²) in [5.74, 6) is 0. The monoisotopic (exact) mass is 226 g/mol. The predicted octanol–water partition coefficient (Wildman–Crippen LogP) is 3.02. The van der Waals surface area contributed by atoms with Crippen molar-refractivity contribution in [1.82, 2.24) is 4.90 Å². The van der Waals surface area contributed by atoms with Crippen LogP contribution < -0.4 is 5.73 Å². The van der Waals surface area contributed by atoms with E-state index >= 15 is 0 Å². The van der Waals surface area contributed by atoms with E-state index in [0.29, 0.717) is 5.41 Å². The van der Waals surface area contributed by atoms with Crippen LogP contribution in [0.5, 0.6) is 0 Å². The van der Waals surface area contributed by atoms with Crippen molar-refractivity contribution in [1.29, 1.82) is 0 Å². The second-order valence-corrected chi connectivity index (χ2v) is 6.46. The second kappa shape index (κ2) is 5.50. The fourth-order valence-corrected chi connectivity index (χ4v) is 2.89. The number of hydrogen-bond donors (Lipinski definition) is 1. The Balaban J connectivity index is 2.65. The SMILES string of the molecule is CCCC(C)(CN)N1CCCC(C)(C)CC1. The van der Waals surface area contributed by atoms with E-state index < -0.39 is 0 Å².